The third kappa shape index (κ3) is 3.16. The molecule has 17 heavy (non-hydrogen) atoms. The first kappa shape index (κ1) is 12.3. The molecule has 4 heteroatoms. The Kier molecular flexibility index (Phi) is 3.94. The first-order valence-electron chi connectivity index (χ1n) is 5.89. The largest absolute Gasteiger partial charge is 0.508 e. The van der Waals surface area contributed by atoms with E-state index in [0.717, 1.165) is 29.8 Å². The molecule has 0 aliphatic carbocycles. The molecule has 0 saturated carbocycles. The smallest absolute Gasteiger partial charge is 0.237 e. The summed E-state index contributed by atoms with van der Waals surface area (Å²) in [5.74, 6) is 1.39. The van der Waals surface area contributed by atoms with E-state index in [1.165, 1.54) is 6.42 Å². The Hall–Kier alpha value is -1.16. The Morgan fingerprint density at radius 2 is 2.29 bits per heavy atom. The lowest BCUT2D eigenvalue weighted by Gasteiger charge is -2.20. The van der Waals surface area contributed by atoms with E-state index in [2.05, 4.69) is 5.32 Å². The zero-order valence-corrected chi connectivity index (χ0v) is 10.7. The fourth-order valence-electron chi connectivity index (χ4n) is 1.95. The number of thioether (sulfide) groups is 1. The number of amides is 1. The Labute approximate surface area is 106 Å². The molecule has 1 unspecified atom stereocenters. The standard InChI is InChI=1S/C13H17NO2S/c1-9-8-10(15)5-6-11(9)14-13(16)12-4-2-3-7-17-12/h5-6,8,12,15H,2-4,7H2,1H3,(H,14,16). The number of aryl methyl sites for hydroxylation is 1. The number of rotatable bonds is 2. The van der Waals surface area contributed by atoms with Gasteiger partial charge in [-0.2, -0.15) is 0 Å². The van der Waals surface area contributed by atoms with E-state index >= 15 is 0 Å². The molecule has 1 heterocycles. The average Bonchev–Trinajstić information content (AvgIpc) is 2.34. The first-order valence-corrected chi connectivity index (χ1v) is 6.94. The average molecular weight is 251 g/mol. The van der Waals surface area contributed by atoms with Crippen molar-refractivity contribution in [2.24, 2.45) is 0 Å². The topological polar surface area (TPSA) is 49.3 Å². The van der Waals surface area contributed by atoms with Crippen molar-refractivity contribution in [1.82, 2.24) is 0 Å². The number of hydrogen-bond acceptors (Lipinski definition) is 3. The summed E-state index contributed by atoms with van der Waals surface area (Å²) in [6.45, 7) is 1.88. The number of anilines is 1. The van der Waals surface area contributed by atoms with E-state index in [1.54, 1.807) is 30.0 Å². The number of phenols is 1. The van der Waals surface area contributed by atoms with Gasteiger partial charge in [-0.3, -0.25) is 4.79 Å². The minimum Gasteiger partial charge on any atom is -0.508 e. The minimum atomic E-state index is 0.0805. The van der Waals surface area contributed by atoms with Gasteiger partial charge in [-0.15, -0.1) is 11.8 Å². The van der Waals surface area contributed by atoms with Crippen LogP contribution < -0.4 is 5.32 Å². The lowest BCUT2D eigenvalue weighted by molar-refractivity contribution is -0.115. The number of hydrogen-bond donors (Lipinski definition) is 2. The predicted molar refractivity (Wildman–Crippen MR) is 71.6 cm³/mol. The van der Waals surface area contributed by atoms with Crippen molar-refractivity contribution in [2.45, 2.75) is 31.4 Å². The minimum absolute atomic E-state index is 0.0805. The highest BCUT2D eigenvalue weighted by atomic mass is 32.2. The van der Waals surface area contributed by atoms with Crippen molar-refractivity contribution in [3.63, 3.8) is 0 Å². The summed E-state index contributed by atoms with van der Waals surface area (Å²) in [7, 11) is 0. The van der Waals surface area contributed by atoms with Crippen molar-refractivity contribution < 1.29 is 9.90 Å². The van der Waals surface area contributed by atoms with E-state index in [1.807, 2.05) is 6.92 Å². The van der Waals surface area contributed by atoms with Crippen LogP contribution in [0.3, 0.4) is 0 Å². The number of carbonyl (C=O) groups is 1. The van der Waals surface area contributed by atoms with E-state index in [9.17, 15) is 9.90 Å². The Bertz CT molecular complexity index is 414. The molecule has 2 N–H and O–H groups in total. The first-order chi connectivity index (χ1) is 8.16. The second kappa shape index (κ2) is 5.45. The summed E-state index contributed by atoms with van der Waals surface area (Å²) in [6.07, 6.45) is 3.32. The SMILES string of the molecule is Cc1cc(O)ccc1NC(=O)C1CCCCS1. The van der Waals surface area contributed by atoms with Crippen LogP contribution in [0.4, 0.5) is 5.69 Å². The normalized spacial score (nSPS) is 19.9. The van der Waals surface area contributed by atoms with Gasteiger partial charge in [0.05, 0.1) is 5.25 Å². The van der Waals surface area contributed by atoms with Crippen LogP contribution >= 0.6 is 11.8 Å². The van der Waals surface area contributed by atoms with Crippen molar-refractivity contribution in [1.29, 1.82) is 0 Å². The highest BCUT2D eigenvalue weighted by molar-refractivity contribution is 8.00. The van der Waals surface area contributed by atoms with Crippen molar-refractivity contribution in [3.8, 4) is 5.75 Å². The van der Waals surface area contributed by atoms with Crippen molar-refractivity contribution in [3.05, 3.63) is 23.8 Å². The summed E-state index contributed by atoms with van der Waals surface area (Å²) < 4.78 is 0. The van der Waals surface area contributed by atoms with E-state index < -0.39 is 0 Å². The van der Waals surface area contributed by atoms with Gasteiger partial charge in [-0.1, -0.05) is 6.42 Å². The van der Waals surface area contributed by atoms with Crippen LogP contribution in [0.25, 0.3) is 0 Å². The maximum absolute atomic E-state index is 12.0. The summed E-state index contributed by atoms with van der Waals surface area (Å²) in [4.78, 5) is 12.0. The Morgan fingerprint density at radius 1 is 1.47 bits per heavy atom. The molecule has 3 nitrogen and oxygen atoms in total. The summed E-state index contributed by atoms with van der Waals surface area (Å²) in [5, 5.41) is 12.3. The van der Waals surface area contributed by atoms with Gasteiger partial charge in [0.1, 0.15) is 5.75 Å². The van der Waals surface area contributed by atoms with Gasteiger partial charge in [0, 0.05) is 5.69 Å². The lowest BCUT2D eigenvalue weighted by atomic mass is 10.1. The molecule has 1 aromatic carbocycles. The van der Waals surface area contributed by atoms with Crippen LogP contribution in [-0.2, 0) is 4.79 Å². The monoisotopic (exact) mass is 251 g/mol. The maximum Gasteiger partial charge on any atom is 0.237 e. The molecule has 1 aliphatic rings. The maximum atomic E-state index is 12.0. The van der Waals surface area contributed by atoms with Crippen molar-refractivity contribution in [2.75, 3.05) is 11.1 Å². The Morgan fingerprint density at radius 3 is 2.94 bits per heavy atom. The molecule has 1 atom stereocenters. The molecule has 2 rings (SSSR count). The van der Waals surface area contributed by atoms with Crippen LogP contribution in [-0.4, -0.2) is 22.0 Å². The summed E-state index contributed by atoms with van der Waals surface area (Å²) >= 11 is 1.74. The lowest BCUT2D eigenvalue weighted by Crippen LogP contribution is -2.27. The van der Waals surface area contributed by atoms with Gasteiger partial charge >= 0.3 is 0 Å². The zero-order chi connectivity index (χ0) is 12.3. The highest BCUT2D eigenvalue weighted by Crippen LogP contribution is 2.27. The van der Waals surface area contributed by atoms with Crippen LogP contribution in [0.15, 0.2) is 18.2 Å². The molecule has 0 spiro atoms. The highest BCUT2D eigenvalue weighted by Gasteiger charge is 2.21. The molecular weight excluding hydrogens is 234 g/mol. The number of aromatic hydroxyl groups is 1. The molecule has 92 valence electrons. The molecule has 0 aromatic heterocycles. The number of nitrogens with one attached hydrogen (secondary N) is 1. The molecular formula is C13H17NO2S. The second-order valence-corrected chi connectivity index (χ2v) is 5.65. The van der Waals surface area contributed by atoms with Crippen LogP contribution in [0.5, 0.6) is 5.75 Å². The van der Waals surface area contributed by atoms with Gasteiger partial charge < -0.3 is 10.4 Å². The molecule has 1 aromatic rings. The zero-order valence-electron chi connectivity index (χ0n) is 9.90. The van der Waals surface area contributed by atoms with Gasteiger partial charge in [-0.25, -0.2) is 0 Å². The van der Waals surface area contributed by atoms with E-state index in [4.69, 9.17) is 0 Å². The second-order valence-electron chi connectivity index (χ2n) is 4.34. The van der Waals surface area contributed by atoms with Gasteiger partial charge in [0.25, 0.3) is 0 Å². The molecule has 1 fully saturated rings. The molecule has 1 aliphatic heterocycles. The van der Waals surface area contributed by atoms with Crippen LogP contribution in [0.2, 0.25) is 0 Å². The Balaban J connectivity index is 2.02. The number of carbonyl (C=O) groups excluding carboxylic acids is 1. The van der Waals surface area contributed by atoms with Crippen molar-refractivity contribution >= 4 is 23.4 Å². The third-order valence-electron chi connectivity index (χ3n) is 2.94. The number of benzene rings is 1. The fraction of sp³-hybridized carbons (Fsp3) is 0.462. The summed E-state index contributed by atoms with van der Waals surface area (Å²) in [5.41, 5.74) is 1.68. The van der Waals surface area contributed by atoms with Gasteiger partial charge in [0.15, 0.2) is 0 Å². The van der Waals surface area contributed by atoms with E-state index in [0.29, 0.717) is 0 Å². The third-order valence-corrected chi connectivity index (χ3v) is 4.32. The fourth-order valence-corrected chi connectivity index (χ4v) is 3.15. The molecule has 0 radical (unpaired) electrons. The molecule has 1 saturated heterocycles. The van der Waals surface area contributed by atoms with Crippen LogP contribution in [0.1, 0.15) is 24.8 Å². The predicted octanol–water partition coefficient (Wildman–Crippen LogP) is 2.92. The number of phenolic OH excluding ortho intramolecular Hbond substituents is 1. The van der Waals surface area contributed by atoms with Crippen LogP contribution in [0, 0.1) is 6.92 Å². The van der Waals surface area contributed by atoms with E-state index in [-0.39, 0.29) is 16.9 Å². The summed E-state index contributed by atoms with van der Waals surface area (Å²) in [6, 6.07) is 5.00. The quantitative estimate of drug-likeness (QED) is 0.795. The molecule has 0 bridgehead atoms. The molecule has 1 amide bonds. The van der Waals surface area contributed by atoms with Gasteiger partial charge in [-0.05, 0) is 49.3 Å². The van der Waals surface area contributed by atoms with Gasteiger partial charge in [0.2, 0.25) is 5.91 Å².